The average molecular weight is 462 g/mol. The SMILES string of the molecule is Cc1ccc(NC2=C(Sc3ccc(NC(=O)c4ccco4)cc3)C(=O)N(C(C)C)C2=O)cc1. The number of nitrogens with one attached hydrogen (secondary N) is 2. The molecule has 0 saturated carbocycles. The highest BCUT2D eigenvalue weighted by molar-refractivity contribution is 8.04. The van der Waals surface area contributed by atoms with E-state index in [0.717, 1.165) is 16.1 Å². The molecule has 0 unspecified atom stereocenters. The van der Waals surface area contributed by atoms with Crippen LogP contribution in [0.15, 0.2) is 86.8 Å². The molecule has 3 amide bonds. The average Bonchev–Trinajstić information content (AvgIpc) is 3.40. The third-order valence-corrected chi connectivity index (χ3v) is 6.08. The maximum absolute atomic E-state index is 13.1. The van der Waals surface area contributed by atoms with Gasteiger partial charge in [-0.1, -0.05) is 29.5 Å². The van der Waals surface area contributed by atoms with Crippen molar-refractivity contribution >= 4 is 40.9 Å². The van der Waals surface area contributed by atoms with Crippen LogP contribution in [0.5, 0.6) is 0 Å². The summed E-state index contributed by atoms with van der Waals surface area (Å²) in [5.74, 6) is -0.809. The van der Waals surface area contributed by atoms with Crippen LogP contribution >= 0.6 is 11.8 Å². The number of hydrogen-bond donors (Lipinski definition) is 2. The zero-order chi connectivity index (χ0) is 23.5. The van der Waals surface area contributed by atoms with Crippen molar-refractivity contribution in [3.05, 3.63) is 88.9 Å². The van der Waals surface area contributed by atoms with Crippen molar-refractivity contribution in [2.75, 3.05) is 10.6 Å². The Bertz CT molecular complexity index is 1210. The molecule has 0 radical (unpaired) electrons. The van der Waals surface area contributed by atoms with E-state index in [0.29, 0.717) is 10.6 Å². The number of furan rings is 1. The van der Waals surface area contributed by atoms with E-state index in [4.69, 9.17) is 4.42 Å². The first kappa shape index (κ1) is 22.4. The molecule has 168 valence electrons. The van der Waals surface area contributed by atoms with Gasteiger partial charge in [-0.2, -0.15) is 0 Å². The van der Waals surface area contributed by atoms with Crippen molar-refractivity contribution in [1.29, 1.82) is 0 Å². The zero-order valence-corrected chi connectivity index (χ0v) is 19.2. The Kier molecular flexibility index (Phi) is 6.37. The highest BCUT2D eigenvalue weighted by Gasteiger charge is 2.40. The van der Waals surface area contributed by atoms with Crippen molar-refractivity contribution in [3.8, 4) is 0 Å². The molecule has 0 atom stereocenters. The molecule has 8 heteroatoms. The van der Waals surface area contributed by atoms with Crippen molar-refractivity contribution in [2.24, 2.45) is 0 Å². The van der Waals surface area contributed by atoms with E-state index >= 15 is 0 Å². The third-order valence-electron chi connectivity index (χ3n) is 4.99. The van der Waals surface area contributed by atoms with E-state index in [9.17, 15) is 14.4 Å². The summed E-state index contributed by atoms with van der Waals surface area (Å²) in [6.45, 7) is 5.60. The maximum atomic E-state index is 13.1. The summed E-state index contributed by atoms with van der Waals surface area (Å²) in [6, 6.07) is 17.6. The summed E-state index contributed by atoms with van der Waals surface area (Å²) in [5.41, 5.74) is 2.68. The highest BCUT2D eigenvalue weighted by Crippen LogP contribution is 2.37. The van der Waals surface area contributed by atoms with Crippen molar-refractivity contribution in [3.63, 3.8) is 0 Å². The van der Waals surface area contributed by atoms with Gasteiger partial charge in [0.1, 0.15) is 10.6 Å². The van der Waals surface area contributed by atoms with Gasteiger partial charge in [-0.05, 0) is 69.3 Å². The summed E-state index contributed by atoms with van der Waals surface area (Å²) >= 11 is 1.21. The Balaban J connectivity index is 1.56. The minimum Gasteiger partial charge on any atom is -0.459 e. The van der Waals surface area contributed by atoms with Crippen LogP contribution in [0.3, 0.4) is 0 Å². The lowest BCUT2D eigenvalue weighted by molar-refractivity contribution is -0.139. The van der Waals surface area contributed by atoms with Gasteiger partial charge in [-0.15, -0.1) is 0 Å². The van der Waals surface area contributed by atoms with Crippen LogP contribution in [-0.2, 0) is 9.59 Å². The molecule has 7 nitrogen and oxygen atoms in total. The number of benzene rings is 2. The summed E-state index contributed by atoms with van der Waals surface area (Å²) in [4.78, 5) is 40.6. The summed E-state index contributed by atoms with van der Waals surface area (Å²) in [5, 5.41) is 5.89. The number of aryl methyl sites for hydroxylation is 1. The van der Waals surface area contributed by atoms with Crippen LogP contribution in [-0.4, -0.2) is 28.7 Å². The van der Waals surface area contributed by atoms with Gasteiger partial charge < -0.3 is 15.1 Å². The van der Waals surface area contributed by atoms with Gasteiger partial charge >= 0.3 is 0 Å². The van der Waals surface area contributed by atoms with Gasteiger partial charge in [-0.3, -0.25) is 19.3 Å². The molecule has 4 rings (SSSR count). The fraction of sp³-hybridized carbons (Fsp3) is 0.160. The molecule has 1 aromatic heterocycles. The predicted molar refractivity (Wildman–Crippen MR) is 128 cm³/mol. The van der Waals surface area contributed by atoms with Crippen LogP contribution in [0.1, 0.15) is 30.0 Å². The van der Waals surface area contributed by atoms with Crippen molar-refractivity contribution in [2.45, 2.75) is 31.7 Å². The Morgan fingerprint density at radius 3 is 2.21 bits per heavy atom. The lowest BCUT2D eigenvalue weighted by atomic mass is 10.2. The molecular formula is C25H23N3O4S. The molecule has 1 aliphatic rings. The lowest BCUT2D eigenvalue weighted by Gasteiger charge is -2.19. The van der Waals surface area contributed by atoms with Crippen LogP contribution < -0.4 is 10.6 Å². The van der Waals surface area contributed by atoms with E-state index in [1.54, 1.807) is 36.4 Å². The number of carbonyl (C=O) groups is 3. The zero-order valence-electron chi connectivity index (χ0n) is 18.4. The molecule has 0 aliphatic carbocycles. The number of thioether (sulfide) groups is 1. The molecule has 33 heavy (non-hydrogen) atoms. The molecular weight excluding hydrogens is 438 g/mol. The number of nitrogens with zero attached hydrogens (tertiary/aromatic N) is 1. The number of amides is 3. The molecule has 0 spiro atoms. The Morgan fingerprint density at radius 2 is 1.61 bits per heavy atom. The Hall–Kier alpha value is -3.78. The second-order valence-corrected chi connectivity index (χ2v) is 8.91. The summed E-state index contributed by atoms with van der Waals surface area (Å²) in [6.07, 6.45) is 1.44. The fourth-order valence-electron chi connectivity index (χ4n) is 3.31. The monoisotopic (exact) mass is 461 g/mol. The Labute approximate surface area is 195 Å². The summed E-state index contributed by atoms with van der Waals surface area (Å²) < 4.78 is 5.09. The van der Waals surface area contributed by atoms with E-state index in [-0.39, 0.29) is 35.2 Å². The standard InChI is InChI=1S/C25H23N3O4S/c1-15(2)28-24(30)21(26-17-8-6-16(3)7-9-17)22(25(28)31)33-19-12-10-18(11-13-19)27-23(29)20-5-4-14-32-20/h4-15,26H,1-3H3,(H,27,29). The minimum atomic E-state index is -0.350. The van der Waals surface area contributed by atoms with E-state index in [1.165, 1.54) is 22.9 Å². The molecule has 2 heterocycles. The molecule has 0 bridgehead atoms. The molecule has 0 fully saturated rings. The first-order valence-corrected chi connectivity index (χ1v) is 11.2. The smallest absolute Gasteiger partial charge is 0.291 e. The molecule has 2 N–H and O–H groups in total. The third kappa shape index (κ3) is 4.85. The number of hydrogen-bond acceptors (Lipinski definition) is 6. The normalized spacial score (nSPS) is 13.8. The number of carbonyl (C=O) groups excluding carboxylic acids is 3. The van der Waals surface area contributed by atoms with Crippen LogP contribution in [0, 0.1) is 6.92 Å². The largest absolute Gasteiger partial charge is 0.459 e. The predicted octanol–water partition coefficient (Wildman–Crippen LogP) is 5.03. The van der Waals surface area contributed by atoms with E-state index < -0.39 is 0 Å². The van der Waals surface area contributed by atoms with Gasteiger partial charge in [-0.25, -0.2) is 0 Å². The first-order valence-electron chi connectivity index (χ1n) is 10.4. The maximum Gasteiger partial charge on any atom is 0.291 e. The Morgan fingerprint density at radius 1 is 0.939 bits per heavy atom. The van der Waals surface area contributed by atoms with Gasteiger partial charge in [0, 0.05) is 22.3 Å². The second kappa shape index (κ2) is 9.38. The van der Waals surface area contributed by atoms with Crippen molar-refractivity contribution in [1.82, 2.24) is 4.90 Å². The molecule has 0 saturated heterocycles. The number of anilines is 2. The molecule has 1 aliphatic heterocycles. The van der Waals surface area contributed by atoms with Gasteiger partial charge in [0.15, 0.2) is 5.76 Å². The minimum absolute atomic E-state index is 0.217. The van der Waals surface area contributed by atoms with Gasteiger partial charge in [0.25, 0.3) is 17.7 Å². The highest BCUT2D eigenvalue weighted by atomic mass is 32.2. The van der Waals surface area contributed by atoms with Crippen LogP contribution in [0.25, 0.3) is 0 Å². The lowest BCUT2D eigenvalue weighted by Crippen LogP contribution is -2.38. The second-order valence-electron chi connectivity index (χ2n) is 7.83. The van der Waals surface area contributed by atoms with Crippen LogP contribution in [0.4, 0.5) is 11.4 Å². The molecule has 2 aromatic carbocycles. The quantitative estimate of drug-likeness (QED) is 0.480. The first-order chi connectivity index (χ1) is 15.8. The van der Waals surface area contributed by atoms with Crippen molar-refractivity contribution < 1.29 is 18.8 Å². The van der Waals surface area contributed by atoms with E-state index in [1.807, 2.05) is 45.0 Å². The molecule has 3 aromatic rings. The van der Waals surface area contributed by atoms with Crippen LogP contribution in [0.2, 0.25) is 0 Å². The topological polar surface area (TPSA) is 91.7 Å². The van der Waals surface area contributed by atoms with E-state index in [2.05, 4.69) is 10.6 Å². The van der Waals surface area contributed by atoms with Gasteiger partial charge in [0.2, 0.25) is 0 Å². The number of rotatable bonds is 7. The summed E-state index contributed by atoms with van der Waals surface area (Å²) in [7, 11) is 0. The fourth-order valence-corrected chi connectivity index (χ4v) is 4.24. The van der Waals surface area contributed by atoms with Gasteiger partial charge in [0.05, 0.1) is 6.26 Å². The number of imide groups is 1.